The Bertz CT molecular complexity index is 858. The molecule has 2 aromatic rings. The highest BCUT2D eigenvalue weighted by Crippen LogP contribution is 2.27. The van der Waals surface area contributed by atoms with E-state index < -0.39 is 0 Å². The molecule has 4 rings (SSSR count). The number of hydrogen-bond donors (Lipinski definition) is 1. The Labute approximate surface area is 173 Å². The number of piperidine rings is 1. The summed E-state index contributed by atoms with van der Waals surface area (Å²) < 4.78 is 0. The van der Waals surface area contributed by atoms with Crippen molar-refractivity contribution in [3.63, 3.8) is 0 Å². The first kappa shape index (κ1) is 20.0. The van der Waals surface area contributed by atoms with Crippen molar-refractivity contribution in [2.45, 2.75) is 38.1 Å². The number of likely N-dealkylation sites (tertiary alicyclic amines) is 1. The van der Waals surface area contributed by atoms with Gasteiger partial charge in [0.15, 0.2) is 0 Å². The highest BCUT2D eigenvalue weighted by molar-refractivity contribution is 5.94. The van der Waals surface area contributed by atoms with Crippen molar-refractivity contribution in [3.05, 3.63) is 58.7 Å². The topological polar surface area (TPSA) is 61.4 Å². The van der Waals surface area contributed by atoms with Gasteiger partial charge in [0.05, 0.1) is 0 Å². The third kappa shape index (κ3) is 4.82. The Kier molecular flexibility index (Phi) is 6.21. The van der Waals surface area contributed by atoms with Crippen molar-refractivity contribution in [3.8, 4) is 0 Å². The standard InChI is InChI=1S/C23H31N5O/c1-27(2)11-7-17-4-3-5-19(14-17)23(29)28-12-8-18(9-13-28)22-25-16-20-15-24-10-6-21(20)26-22/h3-5,14,16,18,24H,6-13,15H2,1-2H3. The van der Waals surface area contributed by atoms with E-state index in [1.807, 2.05) is 23.2 Å². The zero-order valence-corrected chi connectivity index (χ0v) is 17.5. The number of nitrogens with zero attached hydrogens (tertiary/aromatic N) is 4. The third-order valence-electron chi connectivity index (χ3n) is 6.00. The highest BCUT2D eigenvalue weighted by Gasteiger charge is 2.27. The molecule has 0 bridgehead atoms. The van der Waals surface area contributed by atoms with Crippen LogP contribution in [0.1, 0.15) is 51.8 Å². The number of hydrogen-bond acceptors (Lipinski definition) is 5. The Morgan fingerprint density at radius 1 is 1.28 bits per heavy atom. The van der Waals surface area contributed by atoms with Crippen LogP contribution in [0.5, 0.6) is 0 Å². The lowest BCUT2D eigenvalue weighted by molar-refractivity contribution is 0.0711. The Balaban J connectivity index is 1.37. The van der Waals surface area contributed by atoms with E-state index in [-0.39, 0.29) is 5.91 Å². The van der Waals surface area contributed by atoms with Crippen molar-refractivity contribution in [1.29, 1.82) is 0 Å². The predicted molar refractivity (Wildman–Crippen MR) is 114 cm³/mol. The number of nitrogens with one attached hydrogen (secondary N) is 1. The maximum atomic E-state index is 13.0. The van der Waals surface area contributed by atoms with Crippen LogP contribution in [0.3, 0.4) is 0 Å². The van der Waals surface area contributed by atoms with E-state index in [0.717, 1.165) is 69.8 Å². The van der Waals surface area contributed by atoms with Crippen molar-refractivity contribution in [1.82, 2.24) is 25.1 Å². The Morgan fingerprint density at radius 3 is 2.90 bits per heavy atom. The summed E-state index contributed by atoms with van der Waals surface area (Å²) in [7, 11) is 4.14. The fourth-order valence-electron chi connectivity index (χ4n) is 4.18. The van der Waals surface area contributed by atoms with Gasteiger partial charge in [0, 0.05) is 68.1 Å². The average molecular weight is 394 g/mol. The van der Waals surface area contributed by atoms with Crippen LogP contribution < -0.4 is 5.32 Å². The molecule has 6 nitrogen and oxygen atoms in total. The molecule has 29 heavy (non-hydrogen) atoms. The minimum Gasteiger partial charge on any atom is -0.339 e. The van der Waals surface area contributed by atoms with Gasteiger partial charge in [-0.25, -0.2) is 9.97 Å². The lowest BCUT2D eigenvalue weighted by Crippen LogP contribution is -2.38. The quantitative estimate of drug-likeness (QED) is 0.844. The molecule has 1 aromatic heterocycles. The largest absolute Gasteiger partial charge is 0.339 e. The van der Waals surface area contributed by atoms with Crippen LogP contribution in [0, 0.1) is 0 Å². The summed E-state index contributed by atoms with van der Waals surface area (Å²) in [5.41, 5.74) is 4.44. The summed E-state index contributed by atoms with van der Waals surface area (Å²) >= 11 is 0. The number of benzene rings is 1. The van der Waals surface area contributed by atoms with E-state index >= 15 is 0 Å². The molecule has 1 N–H and O–H groups in total. The second kappa shape index (κ2) is 9.01. The van der Waals surface area contributed by atoms with E-state index in [4.69, 9.17) is 4.98 Å². The van der Waals surface area contributed by atoms with Gasteiger partial charge in [-0.1, -0.05) is 12.1 Å². The van der Waals surface area contributed by atoms with Crippen LogP contribution in [0.15, 0.2) is 30.5 Å². The number of fused-ring (bicyclic) bond motifs is 1. The molecule has 1 saturated heterocycles. The first-order chi connectivity index (χ1) is 14.1. The summed E-state index contributed by atoms with van der Waals surface area (Å²) in [6, 6.07) is 8.10. The molecule has 0 spiro atoms. The maximum Gasteiger partial charge on any atom is 0.253 e. The Morgan fingerprint density at radius 2 is 2.10 bits per heavy atom. The number of carbonyl (C=O) groups excluding carboxylic acids is 1. The molecule has 3 heterocycles. The molecule has 6 heteroatoms. The van der Waals surface area contributed by atoms with Gasteiger partial charge in [-0.3, -0.25) is 4.79 Å². The Hall–Kier alpha value is -2.31. The SMILES string of the molecule is CN(C)CCc1cccc(C(=O)N2CCC(c3ncc4c(n3)CCNC4)CC2)c1. The molecule has 1 aromatic carbocycles. The van der Waals surface area contributed by atoms with Gasteiger partial charge in [0.25, 0.3) is 5.91 Å². The number of likely N-dealkylation sites (N-methyl/N-ethyl adjacent to an activating group) is 1. The molecule has 0 aliphatic carbocycles. The number of aromatic nitrogens is 2. The van der Waals surface area contributed by atoms with Gasteiger partial charge in [-0.2, -0.15) is 0 Å². The smallest absolute Gasteiger partial charge is 0.253 e. The number of carbonyl (C=O) groups is 1. The third-order valence-corrected chi connectivity index (χ3v) is 6.00. The molecule has 0 unspecified atom stereocenters. The molecule has 2 aliphatic rings. The van der Waals surface area contributed by atoms with Gasteiger partial charge in [-0.15, -0.1) is 0 Å². The average Bonchev–Trinajstić information content (AvgIpc) is 2.77. The minimum absolute atomic E-state index is 0.146. The lowest BCUT2D eigenvalue weighted by atomic mass is 9.94. The fourth-order valence-corrected chi connectivity index (χ4v) is 4.18. The molecule has 0 radical (unpaired) electrons. The summed E-state index contributed by atoms with van der Waals surface area (Å²) in [6.07, 6.45) is 5.79. The molecule has 0 saturated carbocycles. The first-order valence-electron chi connectivity index (χ1n) is 10.7. The molecular weight excluding hydrogens is 362 g/mol. The van der Waals surface area contributed by atoms with Crippen LogP contribution in [0.25, 0.3) is 0 Å². The number of amides is 1. The first-order valence-corrected chi connectivity index (χ1v) is 10.7. The number of rotatable bonds is 5. The van der Waals surface area contributed by atoms with Crippen molar-refractivity contribution >= 4 is 5.91 Å². The van der Waals surface area contributed by atoms with E-state index in [2.05, 4.69) is 41.4 Å². The van der Waals surface area contributed by atoms with Gasteiger partial charge in [-0.05, 0) is 51.1 Å². The van der Waals surface area contributed by atoms with Crippen LogP contribution >= 0.6 is 0 Å². The van der Waals surface area contributed by atoms with Crippen LogP contribution in [0.2, 0.25) is 0 Å². The van der Waals surface area contributed by atoms with Crippen molar-refractivity contribution in [2.75, 3.05) is 40.3 Å². The monoisotopic (exact) mass is 393 g/mol. The van der Waals surface area contributed by atoms with E-state index in [1.54, 1.807) is 0 Å². The normalized spacial score (nSPS) is 17.4. The van der Waals surface area contributed by atoms with Crippen molar-refractivity contribution in [2.24, 2.45) is 0 Å². The summed E-state index contributed by atoms with van der Waals surface area (Å²) in [4.78, 5) is 26.6. The van der Waals surface area contributed by atoms with E-state index in [9.17, 15) is 4.79 Å². The fraction of sp³-hybridized carbons (Fsp3) is 0.522. The zero-order valence-electron chi connectivity index (χ0n) is 17.5. The van der Waals surface area contributed by atoms with Gasteiger partial charge in [0.1, 0.15) is 5.82 Å². The molecule has 1 fully saturated rings. The second-order valence-electron chi connectivity index (χ2n) is 8.45. The van der Waals surface area contributed by atoms with E-state index in [1.165, 1.54) is 16.8 Å². The molecule has 1 amide bonds. The van der Waals surface area contributed by atoms with E-state index in [0.29, 0.717) is 5.92 Å². The summed E-state index contributed by atoms with van der Waals surface area (Å²) in [5, 5.41) is 3.36. The van der Waals surface area contributed by atoms with Crippen molar-refractivity contribution < 1.29 is 4.79 Å². The molecule has 0 atom stereocenters. The maximum absolute atomic E-state index is 13.0. The molecular formula is C23H31N5O. The van der Waals surface area contributed by atoms with Gasteiger partial charge < -0.3 is 15.1 Å². The minimum atomic E-state index is 0.146. The van der Waals surface area contributed by atoms with Crippen LogP contribution in [-0.2, 0) is 19.4 Å². The van der Waals surface area contributed by atoms with Crippen LogP contribution in [-0.4, -0.2) is 65.9 Å². The second-order valence-corrected chi connectivity index (χ2v) is 8.45. The van der Waals surface area contributed by atoms with Crippen LogP contribution in [0.4, 0.5) is 0 Å². The van der Waals surface area contributed by atoms with Gasteiger partial charge >= 0.3 is 0 Å². The highest BCUT2D eigenvalue weighted by atomic mass is 16.2. The predicted octanol–water partition coefficient (Wildman–Crippen LogP) is 2.25. The lowest BCUT2D eigenvalue weighted by Gasteiger charge is -2.32. The zero-order chi connectivity index (χ0) is 20.2. The van der Waals surface area contributed by atoms with Gasteiger partial charge in [0.2, 0.25) is 0 Å². The summed E-state index contributed by atoms with van der Waals surface area (Å²) in [6.45, 7) is 4.39. The molecule has 2 aliphatic heterocycles. The summed E-state index contributed by atoms with van der Waals surface area (Å²) in [5.74, 6) is 1.46. The molecule has 154 valence electrons.